The number of hydrogen-bond donors (Lipinski definition) is 2. The number of alkyl halides is 1. The highest BCUT2D eigenvalue weighted by atomic mass is 35.5. The van der Waals surface area contributed by atoms with E-state index in [1.165, 1.54) is 26.2 Å². The molecule has 0 spiro atoms. The van der Waals surface area contributed by atoms with Gasteiger partial charge in [-0.15, -0.1) is 11.6 Å². The number of amides is 3. The highest BCUT2D eigenvalue weighted by Gasteiger charge is 2.48. The Morgan fingerprint density at radius 1 is 1.03 bits per heavy atom. The zero-order valence-electron chi connectivity index (χ0n) is 16.1. The van der Waals surface area contributed by atoms with E-state index < -0.39 is 23.2 Å². The first-order chi connectivity index (χ1) is 13.8. The molecule has 1 aliphatic heterocycles. The fourth-order valence-corrected chi connectivity index (χ4v) is 3.38. The molecule has 0 unspecified atom stereocenters. The molecule has 1 fully saturated rings. The Hall–Kier alpha value is -3.26. The number of benzene rings is 2. The van der Waals surface area contributed by atoms with Gasteiger partial charge in [0.15, 0.2) is 11.5 Å². The molecule has 2 aromatic rings. The summed E-state index contributed by atoms with van der Waals surface area (Å²) in [5, 5.41) is 3.01. The van der Waals surface area contributed by atoms with Crippen molar-refractivity contribution in [2.45, 2.75) is 18.3 Å². The molecule has 0 aromatic heterocycles. The maximum Gasteiger partial charge on any atom is 0.269 e. The van der Waals surface area contributed by atoms with E-state index in [1.807, 2.05) is 0 Å². The van der Waals surface area contributed by atoms with Gasteiger partial charge in [0, 0.05) is 18.2 Å². The van der Waals surface area contributed by atoms with Crippen molar-refractivity contribution < 1.29 is 23.9 Å². The van der Waals surface area contributed by atoms with E-state index in [4.69, 9.17) is 21.1 Å². The summed E-state index contributed by atoms with van der Waals surface area (Å²) >= 11 is 6.21. The molecule has 0 aliphatic carbocycles. The minimum atomic E-state index is -0.810. The summed E-state index contributed by atoms with van der Waals surface area (Å²) in [5.74, 6) is -0.0494. The molecule has 0 radical (unpaired) electrons. The van der Waals surface area contributed by atoms with Gasteiger partial charge in [-0.05, 0) is 42.0 Å². The Labute approximate surface area is 172 Å². The first kappa shape index (κ1) is 20.5. The monoisotopic (exact) mass is 417 g/mol. The van der Waals surface area contributed by atoms with E-state index in [-0.39, 0.29) is 5.91 Å². The van der Waals surface area contributed by atoms with Crippen LogP contribution in [0.3, 0.4) is 0 Å². The van der Waals surface area contributed by atoms with Crippen LogP contribution in [0.1, 0.15) is 28.9 Å². The fourth-order valence-electron chi connectivity index (χ4n) is 3.02. The van der Waals surface area contributed by atoms with E-state index in [0.29, 0.717) is 28.3 Å². The van der Waals surface area contributed by atoms with Crippen LogP contribution in [-0.2, 0) is 9.59 Å². The van der Waals surface area contributed by atoms with Crippen molar-refractivity contribution in [1.29, 1.82) is 0 Å². The zero-order valence-corrected chi connectivity index (χ0v) is 16.8. The first-order valence-electron chi connectivity index (χ1n) is 8.73. The lowest BCUT2D eigenvalue weighted by atomic mass is 9.95. The van der Waals surface area contributed by atoms with Crippen LogP contribution in [0, 0.1) is 0 Å². The minimum absolute atomic E-state index is 0.209. The number of hydrazine groups is 1. The average molecular weight is 418 g/mol. The molecular formula is C20H20ClN3O5. The first-order valence-corrected chi connectivity index (χ1v) is 9.17. The van der Waals surface area contributed by atoms with E-state index in [1.54, 1.807) is 42.5 Å². The molecule has 29 heavy (non-hydrogen) atoms. The third-order valence-electron chi connectivity index (χ3n) is 4.47. The maximum absolute atomic E-state index is 12.6. The van der Waals surface area contributed by atoms with Crippen LogP contribution in [0.15, 0.2) is 42.5 Å². The Kier molecular flexibility index (Phi) is 5.93. The molecule has 8 nitrogen and oxygen atoms in total. The fraction of sp³-hybridized carbons (Fsp3) is 0.250. The van der Waals surface area contributed by atoms with Crippen LogP contribution in [0.4, 0.5) is 5.69 Å². The Bertz CT molecular complexity index is 948. The molecule has 0 saturated carbocycles. The summed E-state index contributed by atoms with van der Waals surface area (Å²) < 4.78 is 10.5. The summed E-state index contributed by atoms with van der Waals surface area (Å²) in [5.41, 5.74) is 4.18. The summed E-state index contributed by atoms with van der Waals surface area (Å²) in [6.07, 6.45) is 0. The summed E-state index contributed by atoms with van der Waals surface area (Å²) in [6, 6.07) is 10.9. The van der Waals surface area contributed by atoms with Crippen molar-refractivity contribution in [3.05, 3.63) is 53.6 Å². The van der Waals surface area contributed by atoms with Crippen LogP contribution in [-0.4, -0.2) is 42.3 Å². The van der Waals surface area contributed by atoms with Gasteiger partial charge < -0.3 is 14.8 Å². The number of ether oxygens (including phenoxy) is 2. The molecule has 9 heteroatoms. The normalized spacial score (nSPS) is 17.9. The second kappa shape index (κ2) is 8.40. The predicted octanol–water partition coefficient (Wildman–Crippen LogP) is 2.50. The molecule has 3 rings (SSSR count). The number of carbonyl (C=O) groups excluding carboxylic acids is 3. The smallest absolute Gasteiger partial charge is 0.269 e. The van der Waals surface area contributed by atoms with Crippen LogP contribution >= 0.6 is 11.6 Å². The zero-order chi connectivity index (χ0) is 21.1. The van der Waals surface area contributed by atoms with E-state index >= 15 is 0 Å². The molecule has 152 valence electrons. The number of halogens is 1. The van der Waals surface area contributed by atoms with E-state index in [0.717, 1.165) is 0 Å². The number of nitrogens with zero attached hydrogens (tertiary/aromatic N) is 1. The number of carbonyl (C=O) groups is 3. The second-order valence-electron chi connectivity index (χ2n) is 6.37. The molecule has 3 amide bonds. The van der Waals surface area contributed by atoms with Crippen LogP contribution in [0.2, 0.25) is 0 Å². The average Bonchev–Trinajstić information content (AvgIpc) is 2.72. The highest BCUT2D eigenvalue weighted by molar-refractivity contribution is 6.33. The quantitative estimate of drug-likeness (QED) is 0.556. The third-order valence-corrected chi connectivity index (χ3v) is 4.89. The molecule has 2 aromatic carbocycles. The number of rotatable bonds is 6. The van der Waals surface area contributed by atoms with Crippen molar-refractivity contribution in [2.75, 3.05) is 19.5 Å². The number of anilines is 1. The van der Waals surface area contributed by atoms with E-state index in [9.17, 15) is 14.4 Å². The molecule has 1 aliphatic rings. The Morgan fingerprint density at radius 2 is 1.69 bits per heavy atom. The van der Waals surface area contributed by atoms with Crippen molar-refractivity contribution in [1.82, 2.24) is 10.4 Å². The lowest BCUT2D eigenvalue weighted by molar-refractivity contribution is -0.149. The highest BCUT2D eigenvalue weighted by Crippen LogP contribution is 2.40. The standard InChI is InChI=1S/C20H20ClN3O5/c1-11(25)22-14-7-4-12(5-8-14)19(26)23-24-18(17(21)20(24)27)13-6-9-15(28-2)16(10-13)29-3/h4-10,17-18H,1-3H3,(H,22,25)(H,23,26)/t17-,18-/m1/s1. The maximum atomic E-state index is 12.6. The number of hydrogen-bond acceptors (Lipinski definition) is 5. The summed E-state index contributed by atoms with van der Waals surface area (Å²) in [4.78, 5) is 35.9. The predicted molar refractivity (Wildman–Crippen MR) is 107 cm³/mol. The number of nitrogens with one attached hydrogen (secondary N) is 2. The molecule has 0 bridgehead atoms. The van der Waals surface area contributed by atoms with Gasteiger partial charge in [-0.2, -0.15) is 0 Å². The second-order valence-corrected chi connectivity index (χ2v) is 6.84. The lowest BCUT2D eigenvalue weighted by Crippen LogP contribution is -2.63. The van der Waals surface area contributed by atoms with E-state index in [2.05, 4.69) is 10.7 Å². The van der Waals surface area contributed by atoms with Crippen LogP contribution in [0.25, 0.3) is 0 Å². The summed E-state index contributed by atoms with van der Waals surface area (Å²) in [6.45, 7) is 1.40. The molecule has 2 atom stereocenters. The van der Waals surface area contributed by atoms with Gasteiger partial charge in [-0.1, -0.05) is 6.07 Å². The topological polar surface area (TPSA) is 97.0 Å². The molecule has 1 saturated heterocycles. The molecular weight excluding hydrogens is 398 g/mol. The van der Waals surface area contributed by atoms with Gasteiger partial charge in [0.1, 0.15) is 11.4 Å². The van der Waals surface area contributed by atoms with Crippen LogP contribution in [0.5, 0.6) is 11.5 Å². The lowest BCUT2D eigenvalue weighted by Gasteiger charge is -2.44. The minimum Gasteiger partial charge on any atom is -0.493 e. The number of β-lactam (4-membered cyclic amide) rings is 1. The number of methoxy groups -OCH3 is 2. The molecule has 1 heterocycles. The van der Waals surface area contributed by atoms with Gasteiger partial charge in [-0.3, -0.25) is 19.8 Å². The van der Waals surface area contributed by atoms with Gasteiger partial charge in [0.25, 0.3) is 11.8 Å². The van der Waals surface area contributed by atoms with Crippen LogP contribution < -0.4 is 20.2 Å². The Balaban J connectivity index is 1.76. The van der Waals surface area contributed by atoms with Crippen molar-refractivity contribution in [3.63, 3.8) is 0 Å². The molecule has 2 N–H and O–H groups in total. The third kappa shape index (κ3) is 4.12. The largest absolute Gasteiger partial charge is 0.493 e. The van der Waals surface area contributed by atoms with Gasteiger partial charge in [0.2, 0.25) is 5.91 Å². The van der Waals surface area contributed by atoms with Gasteiger partial charge >= 0.3 is 0 Å². The van der Waals surface area contributed by atoms with Crippen molar-refractivity contribution in [2.24, 2.45) is 0 Å². The van der Waals surface area contributed by atoms with Crippen molar-refractivity contribution >= 4 is 35.0 Å². The summed E-state index contributed by atoms with van der Waals surface area (Å²) in [7, 11) is 3.04. The van der Waals surface area contributed by atoms with Gasteiger partial charge in [0.05, 0.1) is 14.2 Å². The SMILES string of the molecule is COc1ccc([C@@H]2[C@@H](Cl)C(=O)N2NC(=O)c2ccc(NC(C)=O)cc2)cc1OC. The Morgan fingerprint density at radius 3 is 2.28 bits per heavy atom. The van der Waals surface area contributed by atoms with Crippen molar-refractivity contribution in [3.8, 4) is 11.5 Å². The van der Waals surface area contributed by atoms with Gasteiger partial charge in [-0.25, -0.2) is 5.01 Å².